The number of carbonyl (C=O) groups excluding carboxylic acids is 2. The maximum atomic E-state index is 12.5. The molecule has 1 aliphatic carbocycles. The summed E-state index contributed by atoms with van der Waals surface area (Å²) < 4.78 is 0. The third kappa shape index (κ3) is 5.43. The lowest BCUT2D eigenvalue weighted by Gasteiger charge is -2.36. The standard InChI is InChI=1S/C21H28N4O2S2/c26-19(14-17-15-29-20(23-17)18-6-3-13-28-18)22-7-8-24-9-11-25(12-10-24)21(27)16-4-1-2-5-16/h3,6,13,15-16H,1-2,4-5,7-12,14H2,(H,22,26). The molecular weight excluding hydrogens is 404 g/mol. The number of nitrogens with one attached hydrogen (secondary N) is 1. The third-order valence-electron chi connectivity index (χ3n) is 5.76. The van der Waals surface area contributed by atoms with Crippen LogP contribution >= 0.6 is 22.7 Å². The van der Waals surface area contributed by atoms with Crippen LogP contribution in [0.25, 0.3) is 9.88 Å². The number of thiophene rings is 1. The first-order valence-electron chi connectivity index (χ1n) is 10.4. The minimum Gasteiger partial charge on any atom is -0.354 e. The molecule has 4 rings (SSSR count). The highest BCUT2D eigenvalue weighted by atomic mass is 32.1. The van der Waals surface area contributed by atoms with Crippen LogP contribution in [0.3, 0.4) is 0 Å². The highest BCUT2D eigenvalue weighted by molar-refractivity contribution is 7.20. The molecule has 2 amide bonds. The smallest absolute Gasteiger partial charge is 0.226 e. The van der Waals surface area contributed by atoms with E-state index < -0.39 is 0 Å². The van der Waals surface area contributed by atoms with Crippen molar-refractivity contribution in [2.75, 3.05) is 39.3 Å². The predicted octanol–water partition coefficient (Wildman–Crippen LogP) is 2.86. The minimum absolute atomic E-state index is 0.0167. The van der Waals surface area contributed by atoms with Crippen molar-refractivity contribution >= 4 is 34.5 Å². The van der Waals surface area contributed by atoms with Crippen LogP contribution in [0.15, 0.2) is 22.9 Å². The van der Waals surface area contributed by atoms with Gasteiger partial charge in [-0.25, -0.2) is 4.98 Å². The molecule has 156 valence electrons. The fraction of sp³-hybridized carbons (Fsp3) is 0.571. The Labute approximate surface area is 179 Å². The first kappa shape index (κ1) is 20.5. The van der Waals surface area contributed by atoms with Gasteiger partial charge in [-0.05, 0) is 24.3 Å². The van der Waals surface area contributed by atoms with Crippen molar-refractivity contribution in [3.8, 4) is 9.88 Å². The SMILES string of the molecule is O=C(Cc1csc(-c2cccs2)n1)NCCN1CCN(C(=O)C2CCCC2)CC1. The van der Waals surface area contributed by atoms with Crippen LogP contribution in [0.5, 0.6) is 0 Å². The molecule has 0 radical (unpaired) electrons. The van der Waals surface area contributed by atoms with E-state index in [2.05, 4.69) is 21.3 Å². The summed E-state index contributed by atoms with van der Waals surface area (Å²) >= 11 is 3.25. The van der Waals surface area contributed by atoms with Crippen LogP contribution in [0.4, 0.5) is 0 Å². The van der Waals surface area contributed by atoms with Gasteiger partial charge in [0.15, 0.2) is 0 Å². The normalized spacial score (nSPS) is 18.3. The summed E-state index contributed by atoms with van der Waals surface area (Å²) in [6, 6.07) is 4.06. The van der Waals surface area contributed by atoms with Crippen LogP contribution in [0.1, 0.15) is 31.4 Å². The Bertz CT molecular complexity index is 807. The van der Waals surface area contributed by atoms with Crippen molar-refractivity contribution in [3.63, 3.8) is 0 Å². The van der Waals surface area contributed by atoms with Gasteiger partial charge in [-0.1, -0.05) is 18.9 Å². The zero-order chi connectivity index (χ0) is 20.1. The van der Waals surface area contributed by atoms with Gasteiger partial charge in [-0.3, -0.25) is 14.5 Å². The molecule has 2 fully saturated rings. The topological polar surface area (TPSA) is 65.5 Å². The predicted molar refractivity (Wildman–Crippen MR) is 117 cm³/mol. The second-order valence-electron chi connectivity index (χ2n) is 7.80. The Hall–Kier alpha value is -1.77. The number of hydrogen-bond acceptors (Lipinski definition) is 6. The van der Waals surface area contributed by atoms with Gasteiger partial charge in [0.1, 0.15) is 5.01 Å². The van der Waals surface area contributed by atoms with E-state index in [1.165, 1.54) is 12.8 Å². The molecule has 1 N–H and O–H groups in total. The van der Waals surface area contributed by atoms with Crippen molar-refractivity contribution in [3.05, 3.63) is 28.6 Å². The van der Waals surface area contributed by atoms with E-state index in [-0.39, 0.29) is 11.8 Å². The average Bonchev–Trinajstić information content (AvgIpc) is 3.49. The van der Waals surface area contributed by atoms with E-state index in [4.69, 9.17) is 0 Å². The molecule has 0 aromatic carbocycles. The first-order chi connectivity index (χ1) is 14.2. The lowest BCUT2D eigenvalue weighted by Crippen LogP contribution is -2.51. The van der Waals surface area contributed by atoms with Gasteiger partial charge >= 0.3 is 0 Å². The minimum atomic E-state index is 0.0167. The maximum absolute atomic E-state index is 12.5. The van der Waals surface area contributed by atoms with Crippen molar-refractivity contribution in [2.24, 2.45) is 5.92 Å². The summed E-state index contributed by atoms with van der Waals surface area (Å²) in [5.74, 6) is 0.649. The molecule has 6 nitrogen and oxygen atoms in total. The van der Waals surface area contributed by atoms with E-state index >= 15 is 0 Å². The van der Waals surface area contributed by atoms with Crippen molar-refractivity contribution in [2.45, 2.75) is 32.1 Å². The Morgan fingerprint density at radius 1 is 1.14 bits per heavy atom. The van der Waals surface area contributed by atoms with Crippen LogP contribution in [0.2, 0.25) is 0 Å². The van der Waals surface area contributed by atoms with Crippen LogP contribution < -0.4 is 5.32 Å². The summed E-state index contributed by atoms with van der Waals surface area (Å²) in [6.07, 6.45) is 4.86. The molecule has 0 atom stereocenters. The van der Waals surface area contributed by atoms with E-state index in [1.807, 2.05) is 21.7 Å². The van der Waals surface area contributed by atoms with Gasteiger partial charge in [0.25, 0.3) is 0 Å². The zero-order valence-corrected chi connectivity index (χ0v) is 18.3. The molecule has 3 heterocycles. The second-order valence-corrected chi connectivity index (χ2v) is 9.60. The molecule has 0 bridgehead atoms. The number of amides is 2. The van der Waals surface area contributed by atoms with Crippen molar-refractivity contribution in [1.82, 2.24) is 20.1 Å². The second kappa shape index (κ2) is 9.82. The van der Waals surface area contributed by atoms with Crippen molar-refractivity contribution < 1.29 is 9.59 Å². The zero-order valence-electron chi connectivity index (χ0n) is 16.6. The summed E-state index contributed by atoms with van der Waals surface area (Å²) in [6.45, 7) is 4.88. The molecular formula is C21H28N4O2S2. The number of thiazole rings is 1. The molecule has 1 saturated heterocycles. The molecule has 1 saturated carbocycles. The molecule has 2 aromatic rings. The Balaban J connectivity index is 1.14. The van der Waals surface area contributed by atoms with Gasteiger partial charge in [0.05, 0.1) is 17.0 Å². The quantitative estimate of drug-likeness (QED) is 0.731. The lowest BCUT2D eigenvalue weighted by atomic mass is 10.1. The van der Waals surface area contributed by atoms with Gasteiger partial charge in [-0.2, -0.15) is 0 Å². The summed E-state index contributed by atoms with van der Waals surface area (Å²) in [5, 5.41) is 7.99. The van der Waals surface area contributed by atoms with E-state index in [0.717, 1.165) is 61.1 Å². The molecule has 2 aliphatic rings. The number of nitrogens with zero attached hydrogens (tertiary/aromatic N) is 3. The molecule has 1 aliphatic heterocycles. The number of piperazine rings is 1. The number of aromatic nitrogens is 1. The molecule has 29 heavy (non-hydrogen) atoms. The van der Waals surface area contributed by atoms with E-state index in [0.29, 0.717) is 18.9 Å². The molecule has 0 spiro atoms. The van der Waals surface area contributed by atoms with Crippen LogP contribution in [0, 0.1) is 5.92 Å². The van der Waals surface area contributed by atoms with Gasteiger partial charge in [-0.15, -0.1) is 22.7 Å². The Kier molecular flexibility index (Phi) is 6.94. The highest BCUT2D eigenvalue weighted by Crippen LogP contribution is 2.28. The Morgan fingerprint density at radius 2 is 1.93 bits per heavy atom. The molecule has 0 unspecified atom stereocenters. The van der Waals surface area contributed by atoms with Gasteiger partial charge in [0.2, 0.25) is 11.8 Å². The largest absolute Gasteiger partial charge is 0.354 e. The fourth-order valence-electron chi connectivity index (χ4n) is 4.10. The third-order valence-corrected chi connectivity index (χ3v) is 7.69. The van der Waals surface area contributed by atoms with Gasteiger partial charge < -0.3 is 10.2 Å². The number of hydrogen-bond donors (Lipinski definition) is 1. The lowest BCUT2D eigenvalue weighted by molar-refractivity contribution is -0.137. The van der Waals surface area contributed by atoms with Gasteiger partial charge in [0, 0.05) is 50.6 Å². The first-order valence-corrected chi connectivity index (χ1v) is 12.2. The summed E-state index contributed by atoms with van der Waals surface area (Å²) in [4.78, 5) is 34.8. The van der Waals surface area contributed by atoms with Crippen LogP contribution in [-0.2, 0) is 16.0 Å². The van der Waals surface area contributed by atoms with Crippen LogP contribution in [-0.4, -0.2) is 65.9 Å². The number of carbonyl (C=O) groups is 2. The van der Waals surface area contributed by atoms with Crippen molar-refractivity contribution in [1.29, 1.82) is 0 Å². The summed E-state index contributed by atoms with van der Waals surface area (Å²) in [7, 11) is 0. The maximum Gasteiger partial charge on any atom is 0.226 e. The average molecular weight is 433 g/mol. The molecule has 2 aromatic heterocycles. The highest BCUT2D eigenvalue weighted by Gasteiger charge is 2.29. The summed E-state index contributed by atoms with van der Waals surface area (Å²) in [5.41, 5.74) is 0.829. The Morgan fingerprint density at radius 3 is 2.66 bits per heavy atom. The molecule has 8 heteroatoms. The number of rotatable bonds is 7. The van der Waals surface area contributed by atoms with E-state index in [1.54, 1.807) is 22.7 Å². The fourth-order valence-corrected chi connectivity index (χ4v) is 5.74. The van der Waals surface area contributed by atoms with E-state index in [9.17, 15) is 9.59 Å². The monoisotopic (exact) mass is 432 g/mol.